The molecule has 1 heterocycles. The highest BCUT2D eigenvalue weighted by Crippen LogP contribution is 2.31. The van der Waals surface area contributed by atoms with Crippen LogP contribution in [0.25, 0.3) is 0 Å². The number of benzene rings is 2. The number of aromatic nitrogens is 3. The van der Waals surface area contributed by atoms with Crippen molar-refractivity contribution in [3.63, 3.8) is 0 Å². The number of hydrogen-bond donors (Lipinski definition) is 1. The van der Waals surface area contributed by atoms with Crippen LogP contribution in [-0.4, -0.2) is 46.1 Å². The minimum atomic E-state index is -0.425. The van der Waals surface area contributed by atoms with Crippen LogP contribution in [0.4, 0.5) is 5.69 Å². The lowest BCUT2D eigenvalue weighted by molar-refractivity contribution is -0.113. The van der Waals surface area contributed by atoms with Crippen molar-refractivity contribution >= 4 is 45.3 Å². The summed E-state index contributed by atoms with van der Waals surface area (Å²) in [7, 11) is 1.33. The number of aryl methyl sites for hydroxylation is 2. The number of carbonyl (C=O) groups is 2. The minimum absolute atomic E-state index is 0.165. The molecule has 0 aliphatic heterocycles. The molecule has 2 aromatic carbocycles. The van der Waals surface area contributed by atoms with E-state index in [0.29, 0.717) is 41.9 Å². The lowest BCUT2D eigenvalue weighted by Crippen LogP contribution is -2.15. The summed E-state index contributed by atoms with van der Waals surface area (Å²) in [5, 5.41) is 12.1. The highest BCUT2D eigenvalue weighted by Gasteiger charge is 2.15. The van der Waals surface area contributed by atoms with Gasteiger partial charge in [0, 0.05) is 23.1 Å². The van der Waals surface area contributed by atoms with Gasteiger partial charge in [0.25, 0.3) is 0 Å². The van der Waals surface area contributed by atoms with Crippen LogP contribution in [-0.2, 0) is 22.5 Å². The second-order valence-corrected chi connectivity index (χ2v) is 10.7. The maximum atomic E-state index is 12.5. The lowest BCUT2D eigenvalue weighted by Gasteiger charge is -2.15. The molecule has 0 radical (unpaired) electrons. The van der Waals surface area contributed by atoms with E-state index in [9.17, 15) is 9.59 Å². The van der Waals surface area contributed by atoms with E-state index >= 15 is 0 Å². The third-order valence-electron chi connectivity index (χ3n) is 5.75. The Balaban J connectivity index is 1.54. The third-order valence-corrected chi connectivity index (χ3v) is 7.40. The summed E-state index contributed by atoms with van der Waals surface area (Å²) < 4.78 is 13.9. The van der Waals surface area contributed by atoms with Crippen molar-refractivity contribution in [2.75, 3.05) is 24.8 Å². The highest BCUT2D eigenvalue weighted by molar-refractivity contribution is 9.10. The molecule has 0 saturated heterocycles. The SMILES string of the molecule is C=CCn1c(CCCOc2cc(C(C)C)c(Br)cc2C)nnc1SCC(=O)Nc1ccc(C(=O)OC)cc1. The zero-order valence-electron chi connectivity index (χ0n) is 22.1. The molecule has 0 fully saturated rings. The van der Waals surface area contributed by atoms with E-state index < -0.39 is 5.97 Å². The third kappa shape index (κ3) is 7.94. The van der Waals surface area contributed by atoms with Gasteiger partial charge in [0.1, 0.15) is 11.6 Å². The first kappa shape index (κ1) is 29.4. The monoisotopic (exact) mass is 600 g/mol. The summed E-state index contributed by atoms with van der Waals surface area (Å²) >= 11 is 4.95. The molecule has 0 spiro atoms. The predicted molar refractivity (Wildman–Crippen MR) is 154 cm³/mol. The highest BCUT2D eigenvalue weighted by atomic mass is 79.9. The molecule has 1 N–H and O–H groups in total. The molecule has 1 aromatic heterocycles. The van der Waals surface area contributed by atoms with Crippen molar-refractivity contribution < 1.29 is 19.1 Å². The number of halogens is 1. The Labute approximate surface area is 236 Å². The second-order valence-electron chi connectivity index (χ2n) is 8.95. The molecule has 8 nitrogen and oxygen atoms in total. The molecule has 0 aliphatic rings. The van der Waals surface area contributed by atoms with Gasteiger partial charge in [-0.15, -0.1) is 16.8 Å². The Bertz CT molecular complexity index is 1270. The topological polar surface area (TPSA) is 95.3 Å². The number of hydrogen-bond acceptors (Lipinski definition) is 7. The smallest absolute Gasteiger partial charge is 0.337 e. The fraction of sp³-hybridized carbons (Fsp3) is 0.357. The quantitative estimate of drug-likeness (QED) is 0.108. The van der Waals surface area contributed by atoms with Gasteiger partial charge < -0.3 is 19.4 Å². The van der Waals surface area contributed by atoms with Gasteiger partial charge in [-0.3, -0.25) is 4.79 Å². The van der Waals surface area contributed by atoms with Crippen molar-refractivity contribution in [2.24, 2.45) is 0 Å². The molecule has 0 unspecified atom stereocenters. The summed E-state index contributed by atoms with van der Waals surface area (Å²) in [5.41, 5.74) is 3.33. The van der Waals surface area contributed by atoms with Gasteiger partial charge >= 0.3 is 5.97 Å². The van der Waals surface area contributed by atoms with Crippen LogP contribution in [0.2, 0.25) is 0 Å². The summed E-state index contributed by atoms with van der Waals surface area (Å²) in [6.45, 7) is 11.3. The fourth-order valence-electron chi connectivity index (χ4n) is 3.74. The number of rotatable bonds is 13. The van der Waals surface area contributed by atoms with Crippen molar-refractivity contribution in [1.82, 2.24) is 14.8 Å². The van der Waals surface area contributed by atoms with E-state index in [2.05, 4.69) is 68.7 Å². The molecule has 0 bridgehead atoms. The van der Waals surface area contributed by atoms with Crippen LogP contribution in [0.3, 0.4) is 0 Å². The van der Waals surface area contributed by atoms with Crippen molar-refractivity contribution in [1.29, 1.82) is 0 Å². The van der Waals surface area contributed by atoms with Crippen molar-refractivity contribution in [3.8, 4) is 5.75 Å². The van der Waals surface area contributed by atoms with E-state index in [-0.39, 0.29) is 11.7 Å². The molecule has 10 heteroatoms. The Morgan fingerprint density at radius 3 is 2.61 bits per heavy atom. The van der Waals surface area contributed by atoms with Crippen LogP contribution in [0.1, 0.15) is 53.5 Å². The first-order valence-corrected chi connectivity index (χ1v) is 14.1. The Hall–Kier alpha value is -3.11. The number of ether oxygens (including phenoxy) is 2. The number of amides is 1. The van der Waals surface area contributed by atoms with Gasteiger partial charge in [0.2, 0.25) is 5.91 Å². The zero-order valence-corrected chi connectivity index (χ0v) is 24.5. The van der Waals surface area contributed by atoms with E-state index in [1.165, 1.54) is 24.4 Å². The number of nitrogens with one attached hydrogen (secondary N) is 1. The van der Waals surface area contributed by atoms with E-state index in [4.69, 9.17) is 4.74 Å². The van der Waals surface area contributed by atoms with Gasteiger partial charge in [-0.25, -0.2) is 4.79 Å². The normalized spacial score (nSPS) is 10.9. The van der Waals surface area contributed by atoms with E-state index in [0.717, 1.165) is 28.0 Å². The predicted octanol–water partition coefficient (Wildman–Crippen LogP) is 6.19. The Morgan fingerprint density at radius 1 is 1.21 bits per heavy atom. The van der Waals surface area contributed by atoms with Crippen LogP contribution in [0.5, 0.6) is 5.75 Å². The largest absolute Gasteiger partial charge is 0.493 e. The standard InChI is InChI=1S/C28H33BrN4O4S/c1-6-13-33-25(8-7-14-37-24-16-22(18(2)3)23(29)15-19(24)4)31-32-28(33)38-17-26(34)30-21-11-9-20(10-12-21)27(35)36-5/h6,9-12,15-16,18H,1,7-8,13-14,17H2,2-5H3,(H,30,34). The van der Waals surface area contributed by atoms with Gasteiger partial charge in [0.05, 0.1) is 25.0 Å². The summed E-state index contributed by atoms with van der Waals surface area (Å²) in [6.07, 6.45) is 3.25. The number of allylic oxidation sites excluding steroid dienone is 1. The van der Waals surface area contributed by atoms with Crippen LogP contribution >= 0.6 is 27.7 Å². The van der Waals surface area contributed by atoms with Gasteiger partial charge in [-0.05, 0) is 66.8 Å². The Kier molecular flexibility index (Phi) is 11.0. The molecular weight excluding hydrogens is 568 g/mol. The summed E-state index contributed by atoms with van der Waals surface area (Å²) in [5.74, 6) is 1.67. The van der Waals surface area contributed by atoms with Gasteiger partial charge in [-0.2, -0.15) is 0 Å². The van der Waals surface area contributed by atoms with Gasteiger partial charge in [0.15, 0.2) is 5.16 Å². The van der Waals surface area contributed by atoms with Crippen LogP contribution in [0.15, 0.2) is 58.7 Å². The minimum Gasteiger partial charge on any atom is -0.493 e. The first-order valence-electron chi connectivity index (χ1n) is 12.3. The first-order chi connectivity index (χ1) is 18.2. The molecule has 3 rings (SSSR count). The van der Waals surface area contributed by atoms with E-state index in [1.54, 1.807) is 30.3 Å². The molecule has 3 aromatic rings. The van der Waals surface area contributed by atoms with Crippen molar-refractivity contribution in [2.45, 2.75) is 51.2 Å². The fourth-order valence-corrected chi connectivity index (χ4v) is 5.42. The molecule has 202 valence electrons. The maximum absolute atomic E-state index is 12.5. The van der Waals surface area contributed by atoms with Crippen molar-refractivity contribution in [3.05, 3.63) is 76.0 Å². The number of anilines is 1. The average molecular weight is 602 g/mol. The molecular formula is C28H33BrN4O4S. The number of esters is 1. The number of carbonyl (C=O) groups excluding carboxylic acids is 2. The molecule has 0 aliphatic carbocycles. The van der Waals surface area contributed by atoms with E-state index in [1.807, 2.05) is 11.5 Å². The summed E-state index contributed by atoms with van der Waals surface area (Å²) in [4.78, 5) is 24.0. The Morgan fingerprint density at radius 2 is 1.95 bits per heavy atom. The van der Waals surface area contributed by atoms with Crippen LogP contribution < -0.4 is 10.1 Å². The van der Waals surface area contributed by atoms with Gasteiger partial charge in [-0.1, -0.05) is 47.6 Å². The lowest BCUT2D eigenvalue weighted by atomic mass is 10.0. The number of methoxy groups -OCH3 is 1. The maximum Gasteiger partial charge on any atom is 0.337 e. The van der Waals surface area contributed by atoms with Crippen LogP contribution in [0, 0.1) is 6.92 Å². The number of thioether (sulfide) groups is 1. The average Bonchev–Trinajstić information content (AvgIpc) is 3.27. The number of nitrogens with zero attached hydrogens (tertiary/aromatic N) is 3. The zero-order chi connectivity index (χ0) is 27.7. The second kappa shape index (κ2) is 14.2. The molecule has 0 atom stereocenters. The summed E-state index contributed by atoms with van der Waals surface area (Å²) in [6, 6.07) is 10.7. The molecule has 38 heavy (non-hydrogen) atoms. The molecule has 0 saturated carbocycles. The molecule has 1 amide bonds.